The van der Waals surface area contributed by atoms with Crippen molar-refractivity contribution in [2.45, 2.75) is 25.5 Å². The molecular formula is C19H24N4O5S. The van der Waals surface area contributed by atoms with Gasteiger partial charge in [-0.25, -0.2) is 12.7 Å². The number of benzene rings is 1. The molecule has 2 aliphatic heterocycles. The summed E-state index contributed by atoms with van der Waals surface area (Å²) in [7, 11) is -3.20. The van der Waals surface area contributed by atoms with Gasteiger partial charge < -0.3 is 14.8 Å². The summed E-state index contributed by atoms with van der Waals surface area (Å²) in [5.41, 5.74) is 0.609. The predicted octanol–water partition coefficient (Wildman–Crippen LogP) is 1.33. The van der Waals surface area contributed by atoms with Crippen LogP contribution < -0.4 is 14.8 Å². The quantitative estimate of drug-likeness (QED) is 0.783. The van der Waals surface area contributed by atoms with E-state index in [9.17, 15) is 13.2 Å². The molecule has 1 amide bonds. The highest BCUT2D eigenvalue weighted by Crippen LogP contribution is 2.31. The smallest absolute Gasteiger partial charge is 0.227 e. The molecule has 0 aliphatic carbocycles. The Morgan fingerprint density at radius 3 is 2.69 bits per heavy atom. The molecule has 1 fully saturated rings. The molecule has 9 nitrogen and oxygen atoms in total. The topological polar surface area (TPSA) is 103 Å². The minimum absolute atomic E-state index is 0.108. The van der Waals surface area contributed by atoms with Gasteiger partial charge >= 0.3 is 0 Å². The van der Waals surface area contributed by atoms with Crippen LogP contribution in [-0.2, 0) is 21.4 Å². The van der Waals surface area contributed by atoms with E-state index in [4.69, 9.17) is 9.47 Å². The number of para-hydroxylation sites is 2. The second kappa shape index (κ2) is 8.03. The lowest BCUT2D eigenvalue weighted by atomic mass is 9.97. The summed E-state index contributed by atoms with van der Waals surface area (Å²) < 4.78 is 37.9. The van der Waals surface area contributed by atoms with Gasteiger partial charge in [0, 0.05) is 25.2 Å². The Morgan fingerprint density at radius 1 is 1.24 bits per heavy atom. The SMILES string of the molecule is CS(=O)(=O)N1CCC(C(=O)Nc2cnn(C[C@H]3COc4ccccc4O3)c2)CC1. The fraction of sp³-hybridized carbons (Fsp3) is 0.474. The van der Waals surface area contributed by atoms with E-state index in [0.717, 1.165) is 5.75 Å². The summed E-state index contributed by atoms with van der Waals surface area (Å²) in [5, 5.41) is 7.16. The van der Waals surface area contributed by atoms with Crippen molar-refractivity contribution in [2.75, 3.05) is 31.3 Å². The Kier molecular flexibility index (Phi) is 5.46. The van der Waals surface area contributed by atoms with Gasteiger partial charge in [0.15, 0.2) is 17.6 Å². The van der Waals surface area contributed by atoms with Crippen LogP contribution in [0.3, 0.4) is 0 Å². The molecule has 2 aromatic rings. The van der Waals surface area contributed by atoms with Crippen LogP contribution in [0.15, 0.2) is 36.7 Å². The lowest BCUT2D eigenvalue weighted by Crippen LogP contribution is -2.40. The molecule has 1 aromatic carbocycles. The second-order valence-corrected chi connectivity index (χ2v) is 9.36. The van der Waals surface area contributed by atoms with Crippen molar-refractivity contribution in [2.24, 2.45) is 5.92 Å². The number of piperidine rings is 1. The number of sulfonamides is 1. The monoisotopic (exact) mass is 420 g/mol. The molecule has 3 heterocycles. The number of rotatable bonds is 5. The fourth-order valence-electron chi connectivity index (χ4n) is 3.58. The number of nitrogens with zero attached hydrogens (tertiary/aromatic N) is 3. The van der Waals surface area contributed by atoms with Crippen molar-refractivity contribution >= 4 is 21.6 Å². The summed E-state index contributed by atoms with van der Waals surface area (Å²) in [6.45, 7) is 1.67. The average molecular weight is 420 g/mol. The van der Waals surface area contributed by atoms with Crippen molar-refractivity contribution in [3.8, 4) is 11.5 Å². The standard InChI is InChI=1S/C19H24N4O5S/c1-29(25,26)23-8-6-14(7-9-23)19(24)21-15-10-20-22(11-15)12-16-13-27-17-4-2-3-5-18(17)28-16/h2-5,10-11,14,16H,6-9,12-13H2,1H3,(H,21,24)/t16-/m0/s1. The Morgan fingerprint density at radius 2 is 1.97 bits per heavy atom. The molecular weight excluding hydrogens is 396 g/mol. The zero-order valence-electron chi connectivity index (χ0n) is 16.2. The number of hydrogen-bond acceptors (Lipinski definition) is 6. The van der Waals surface area contributed by atoms with Gasteiger partial charge in [0.1, 0.15) is 6.61 Å². The first kappa shape index (κ1) is 19.7. The first-order chi connectivity index (χ1) is 13.9. The van der Waals surface area contributed by atoms with Gasteiger partial charge in [0.25, 0.3) is 0 Å². The Hall–Kier alpha value is -2.59. The maximum absolute atomic E-state index is 12.5. The van der Waals surface area contributed by atoms with Crippen molar-refractivity contribution in [3.05, 3.63) is 36.7 Å². The van der Waals surface area contributed by atoms with Gasteiger partial charge in [-0.1, -0.05) is 12.1 Å². The Bertz CT molecular complexity index is 982. The molecule has 10 heteroatoms. The van der Waals surface area contributed by atoms with Crippen LogP contribution >= 0.6 is 0 Å². The van der Waals surface area contributed by atoms with E-state index in [2.05, 4.69) is 10.4 Å². The van der Waals surface area contributed by atoms with Gasteiger partial charge in [0.05, 0.1) is 24.7 Å². The molecule has 1 atom stereocenters. The molecule has 2 aliphatic rings. The molecule has 0 unspecified atom stereocenters. The normalized spacial score (nSPS) is 20.4. The number of carbonyl (C=O) groups excluding carboxylic acids is 1. The lowest BCUT2D eigenvalue weighted by molar-refractivity contribution is -0.120. The highest BCUT2D eigenvalue weighted by atomic mass is 32.2. The third-order valence-corrected chi connectivity index (χ3v) is 6.46. The minimum Gasteiger partial charge on any atom is -0.486 e. The molecule has 1 N–H and O–H groups in total. The van der Waals surface area contributed by atoms with Gasteiger partial charge in [0.2, 0.25) is 15.9 Å². The van der Waals surface area contributed by atoms with Crippen molar-refractivity contribution in [1.29, 1.82) is 0 Å². The van der Waals surface area contributed by atoms with Crippen LogP contribution in [0.25, 0.3) is 0 Å². The average Bonchev–Trinajstić information content (AvgIpc) is 3.14. The number of hydrogen-bond donors (Lipinski definition) is 1. The number of carbonyl (C=O) groups is 1. The zero-order chi connectivity index (χ0) is 20.4. The molecule has 4 rings (SSSR count). The van der Waals surface area contributed by atoms with Crippen LogP contribution in [0.2, 0.25) is 0 Å². The largest absolute Gasteiger partial charge is 0.486 e. The summed E-state index contributed by atoms with van der Waals surface area (Å²) in [6, 6.07) is 7.53. The van der Waals surface area contributed by atoms with Crippen molar-refractivity contribution in [1.82, 2.24) is 14.1 Å². The first-order valence-corrected chi connectivity index (χ1v) is 11.4. The van der Waals surface area contributed by atoms with Gasteiger partial charge in [-0.3, -0.25) is 9.48 Å². The van der Waals surface area contributed by atoms with E-state index >= 15 is 0 Å². The third-order valence-electron chi connectivity index (χ3n) is 5.15. The summed E-state index contributed by atoms with van der Waals surface area (Å²) in [5.74, 6) is 1.13. The number of nitrogens with one attached hydrogen (secondary N) is 1. The van der Waals surface area contributed by atoms with Crippen LogP contribution in [0.4, 0.5) is 5.69 Å². The van der Waals surface area contributed by atoms with Crippen LogP contribution in [0.5, 0.6) is 11.5 Å². The van der Waals surface area contributed by atoms with Crippen molar-refractivity contribution < 1.29 is 22.7 Å². The Labute approximate surface area is 169 Å². The van der Waals surface area contributed by atoms with E-state index in [1.54, 1.807) is 17.1 Å². The third kappa shape index (κ3) is 4.70. The van der Waals surface area contributed by atoms with Crippen LogP contribution in [0.1, 0.15) is 12.8 Å². The molecule has 0 bridgehead atoms. The number of anilines is 1. The fourth-order valence-corrected chi connectivity index (χ4v) is 4.46. The number of ether oxygens (including phenoxy) is 2. The van der Waals surface area contributed by atoms with E-state index in [-0.39, 0.29) is 17.9 Å². The maximum Gasteiger partial charge on any atom is 0.227 e. The van der Waals surface area contributed by atoms with E-state index in [1.807, 2.05) is 24.3 Å². The predicted molar refractivity (Wildman–Crippen MR) is 106 cm³/mol. The maximum atomic E-state index is 12.5. The number of aromatic nitrogens is 2. The number of fused-ring (bicyclic) bond motifs is 1. The number of amides is 1. The first-order valence-electron chi connectivity index (χ1n) is 9.55. The minimum atomic E-state index is -3.20. The summed E-state index contributed by atoms with van der Waals surface area (Å²) in [4.78, 5) is 12.5. The van der Waals surface area contributed by atoms with E-state index in [1.165, 1.54) is 10.6 Å². The second-order valence-electron chi connectivity index (χ2n) is 7.37. The molecule has 29 heavy (non-hydrogen) atoms. The summed E-state index contributed by atoms with van der Waals surface area (Å²) in [6.07, 6.45) is 5.41. The molecule has 0 radical (unpaired) electrons. The van der Waals surface area contributed by atoms with Gasteiger partial charge in [-0.15, -0.1) is 0 Å². The Balaban J connectivity index is 1.29. The molecule has 0 spiro atoms. The van der Waals surface area contributed by atoms with Gasteiger partial charge in [-0.2, -0.15) is 5.10 Å². The zero-order valence-corrected chi connectivity index (χ0v) is 17.0. The molecule has 1 saturated heterocycles. The van der Waals surface area contributed by atoms with Crippen LogP contribution in [-0.4, -0.2) is 60.5 Å². The van der Waals surface area contributed by atoms with Crippen LogP contribution in [0, 0.1) is 5.92 Å². The summed E-state index contributed by atoms with van der Waals surface area (Å²) >= 11 is 0. The van der Waals surface area contributed by atoms with E-state index in [0.29, 0.717) is 50.5 Å². The van der Waals surface area contributed by atoms with E-state index < -0.39 is 10.0 Å². The van der Waals surface area contributed by atoms with Gasteiger partial charge in [-0.05, 0) is 25.0 Å². The highest BCUT2D eigenvalue weighted by molar-refractivity contribution is 7.88. The molecule has 156 valence electrons. The van der Waals surface area contributed by atoms with Crippen molar-refractivity contribution in [3.63, 3.8) is 0 Å². The molecule has 0 saturated carbocycles. The highest BCUT2D eigenvalue weighted by Gasteiger charge is 2.29. The lowest BCUT2D eigenvalue weighted by Gasteiger charge is -2.29. The molecule has 1 aromatic heterocycles.